The van der Waals surface area contributed by atoms with Gasteiger partial charge < -0.3 is 9.84 Å². The molecule has 6 nitrogen and oxygen atoms in total. The second kappa shape index (κ2) is 8.66. The van der Waals surface area contributed by atoms with Crippen molar-refractivity contribution in [2.75, 3.05) is 33.4 Å². The molecule has 26 heavy (non-hydrogen) atoms. The molecular weight excluding hydrogens is 328 g/mol. The fourth-order valence-electron chi connectivity index (χ4n) is 3.78. The lowest BCUT2D eigenvalue weighted by Gasteiger charge is -2.41. The normalized spacial score (nSPS) is 19.0. The summed E-state index contributed by atoms with van der Waals surface area (Å²) in [6.07, 6.45) is 2.91. The van der Waals surface area contributed by atoms with E-state index in [0.29, 0.717) is 6.04 Å². The van der Waals surface area contributed by atoms with Crippen molar-refractivity contribution in [3.63, 3.8) is 0 Å². The van der Waals surface area contributed by atoms with Gasteiger partial charge in [-0.2, -0.15) is 5.10 Å². The van der Waals surface area contributed by atoms with Gasteiger partial charge in [-0.3, -0.25) is 14.5 Å². The zero-order valence-corrected chi connectivity index (χ0v) is 16.1. The van der Waals surface area contributed by atoms with Crippen LogP contribution in [0.2, 0.25) is 0 Å². The van der Waals surface area contributed by atoms with Crippen molar-refractivity contribution < 1.29 is 9.84 Å². The van der Waals surface area contributed by atoms with Gasteiger partial charge in [0.25, 0.3) is 0 Å². The Balaban J connectivity index is 1.64. The van der Waals surface area contributed by atoms with Crippen molar-refractivity contribution >= 4 is 0 Å². The molecule has 1 saturated heterocycles. The summed E-state index contributed by atoms with van der Waals surface area (Å²) < 4.78 is 7.22. The Kier molecular flexibility index (Phi) is 6.29. The molecule has 0 spiro atoms. The zero-order valence-electron chi connectivity index (χ0n) is 16.1. The molecule has 1 fully saturated rings. The maximum absolute atomic E-state index is 9.53. The summed E-state index contributed by atoms with van der Waals surface area (Å²) in [5.74, 6) is 0.895. The number of hydrogen-bond acceptors (Lipinski definition) is 5. The van der Waals surface area contributed by atoms with Crippen LogP contribution in [0.1, 0.15) is 23.2 Å². The van der Waals surface area contributed by atoms with Gasteiger partial charge in [-0.1, -0.05) is 12.1 Å². The highest BCUT2D eigenvalue weighted by molar-refractivity contribution is 5.28. The molecule has 0 unspecified atom stereocenters. The SMILES string of the molecule is COc1cccc(CN2CCN(Cc3cn(C)nc3C)C[C@@H]2CCO)c1. The molecular formula is C20H30N4O2. The van der Waals surface area contributed by atoms with E-state index in [1.54, 1.807) is 7.11 Å². The Hall–Kier alpha value is -1.89. The van der Waals surface area contributed by atoms with Crippen molar-refractivity contribution in [2.24, 2.45) is 7.05 Å². The van der Waals surface area contributed by atoms with Crippen LogP contribution in [0.4, 0.5) is 0 Å². The van der Waals surface area contributed by atoms with Crippen molar-refractivity contribution in [2.45, 2.75) is 32.5 Å². The summed E-state index contributed by atoms with van der Waals surface area (Å²) >= 11 is 0. The van der Waals surface area contributed by atoms with Crippen molar-refractivity contribution in [1.29, 1.82) is 0 Å². The predicted molar refractivity (Wildman–Crippen MR) is 102 cm³/mol. The first kappa shape index (κ1) is 18.9. The average molecular weight is 358 g/mol. The third-order valence-corrected chi connectivity index (χ3v) is 5.18. The van der Waals surface area contributed by atoms with Crippen LogP contribution in [0.25, 0.3) is 0 Å². The zero-order chi connectivity index (χ0) is 18.5. The number of piperazine rings is 1. The molecule has 142 valence electrons. The summed E-state index contributed by atoms with van der Waals surface area (Å²) in [5, 5.41) is 14.0. The molecule has 0 bridgehead atoms. The van der Waals surface area contributed by atoms with Crippen molar-refractivity contribution in [3.05, 3.63) is 47.3 Å². The lowest BCUT2D eigenvalue weighted by atomic mass is 10.1. The maximum Gasteiger partial charge on any atom is 0.119 e. The number of methoxy groups -OCH3 is 1. The fourth-order valence-corrected chi connectivity index (χ4v) is 3.78. The van der Waals surface area contributed by atoms with Gasteiger partial charge in [0.05, 0.1) is 12.8 Å². The molecule has 0 saturated carbocycles. The first-order chi connectivity index (χ1) is 12.6. The third kappa shape index (κ3) is 4.63. The predicted octanol–water partition coefficient (Wildman–Crippen LogP) is 1.81. The number of benzene rings is 1. The van der Waals surface area contributed by atoms with Gasteiger partial charge in [-0.05, 0) is 31.0 Å². The third-order valence-electron chi connectivity index (χ3n) is 5.18. The van der Waals surface area contributed by atoms with Crippen molar-refractivity contribution in [3.8, 4) is 5.75 Å². The van der Waals surface area contributed by atoms with Gasteiger partial charge in [-0.25, -0.2) is 0 Å². The number of aliphatic hydroxyl groups excluding tert-OH is 1. The van der Waals surface area contributed by atoms with E-state index in [2.05, 4.69) is 40.2 Å². The van der Waals surface area contributed by atoms with E-state index in [0.717, 1.165) is 50.6 Å². The number of aryl methyl sites for hydroxylation is 2. The summed E-state index contributed by atoms with van der Waals surface area (Å²) in [5.41, 5.74) is 3.64. The summed E-state index contributed by atoms with van der Waals surface area (Å²) in [7, 11) is 3.67. The minimum Gasteiger partial charge on any atom is -0.497 e. The molecule has 2 heterocycles. The van der Waals surface area contributed by atoms with Gasteiger partial charge in [-0.15, -0.1) is 0 Å². The largest absolute Gasteiger partial charge is 0.497 e. The monoisotopic (exact) mass is 358 g/mol. The Morgan fingerprint density at radius 3 is 2.81 bits per heavy atom. The summed E-state index contributed by atoms with van der Waals surface area (Å²) in [6, 6.07) is 8.61. The first-order valence-corrected chi connectivity index (χ1v) is 9.28. The van der Waals surface area contributed by atoms with Crippen LogP contribution < -0.4 is 4.74 Å². The molecule has 1 aliphatic rings. The van der Waals surface area contributed by atoms with Crippen molar-refractivity contribution in [1.82, 2.24) is 19.6 Å². The Morgan fingerprint density at radius 2 is 2.12 bits per heavy atom. The molecule has 3 rings (SSSR count). The van der Waals surface area contributed by atoms with E-state index in [1.165, 1.54) is 11.1 Å². The van der Waals surface area contributed by atoms with Crippen LogP contribution in [0.3, 0.4) is 0 Å². The van der Waals surface area contributed by atoms with Crippen LogP contribution >= 0.6 is 0 Å². The highest BCUT2D eigenvalue weighted by atomic mass is 16.5. The lowest BCUT2D eigenvalue weighted by Crippen LogP contribution is -2.52. The second-order valence-electron chi connectivity index (χ2n) is 7.14. The molecule has 2 aromatic rings. The molecule has 1 aromatic heterocycles. The van der Waals surface area contributed by atoms with E-state index < -0.39 is 0 Å². The van der Waals surface area contributed by atoms with Crippen LogP contribution in [0, 0.1) is 6.92 Å². The first-order valence-electron chi connectivity index (χ1n) is 9.28. The number of rotatable bonds is 7. The molecule has 0 aliphatic carbocycles. The molecule has 1 aliphatic heterocycles. The molecule has 1 atom stereocenters. The van der Waals surface area contributed by atoms with Gasteiger partial charge in [0.15, 0.2) is 0 Å². The summed E-state index contributed by atoms with van der Waals surface area (Å²) in [4.78, 5) is 4.96. The van der Waals surface area contributed by atoms with E-state index in [-0.39, 0.29) is 6.61 Å². The van der Waals surface area contributed by atoms with Gasteiger partial charge in [0, 0.05) is 64.2 Å². The Labute approximate surface area is 156 Å². The average Bonchev–Trinajstić information content (AvgIpc) is 2.94. The minimum absolute atomic E-state index is 0.221. The van der Waals surface area contributed by atoms with E-state index in [9.17, 15) is 5.11 Å². The topological polar surface area (TPSA) is 53.8 Å². The number of aromatic nitrogens is 2. The molecule has 0 radical (unpaired) electrons. The smallest absolute Gasteiger partial charge is 0.119 e. The van der Waals surface area contributed by atoms with Crippen LogP contribution in [0.5, 0.6) is 5.75 Å². The Morgan fingerprint density at radius 1 is 1.27 bits per heavy atom. The number of hydrogen-bond donors (Lipinski definition) is 1. The van der Waals surface area contributed by atoms with Gasteiger partial charge >= 0.3 is 0 Å². The summed E-state index contributed by atoms with van der Waals surface area (Å²) in [6.45, 7) is 7.11. The number of aliphatic hydroxyl groups is 1. The quantitative estimate of drug-likeness (QED) is 0.818. The second-order valence-corrected chi connectivity index (χ2v) is 7.14. The highest BCUT2D eigenvalue weighted by Crippen LogP contribution is 2.21. The lowest BCUT2D eigenvalue weighted by molar-refractivity contribution is 0.0498. The standard InChI is InChI=1S/C20H30N4O2/c1-16-18(13-22(2)21-16)14-23-8-9-24(19(15-23)7-10-25)12-17-5-4-6-20(11-17)26-3/h4-6,11,13,19,25H,7-10,12,14-15H2,1-3H3/t19-/m0/s1. The highest BCUT2D eigenvalue weighted by Gasteiger charge is 2.27. The van der Waals surface area contributed by atoms with Gasteiger partial charge in [0.1, 0.15) is 5.75 Å². The van der Waals surface area contributed by atoms with Crippen LogP contribution in [-0.4, -0.2) is 64.1 Å². The maximum atomic E-state index is 9.53. The van der Waals surface area contributed by atoms with Crippen LogP contribution in [-0.2, 0) is 20.1 Å². The number of nitrogens with zero attached hydrogens (tertiary/aromatic N) is 4. The van der Waals surface area contributed by atoms with E-state index in [1.807, 2.05) is 23.9 Å². The molecule has 6 heteroatoms. The molecule has 1 N–H and O–H groups in total. The number of ether oxygens (including phenoxy) is 1. The van der Waals surface area contributed by atoms with Gasteiger partial charge in [0.2, 0.25) is 0 Å². The Bertz CT molecular complexity index is 716. The minimum atomic E-state index is 0.221. The van der Waals surface area contributed by atoms with E-state index >= 15 is 0 Å². The van der Waals surface area contributed by atoms with Crippen LogP contribution in [0.15, 0.2) is 30.5 Å². The molecule has 0 amide bonds. The molecule has 1 aromatic carbocycles. The fraction of sp³-hybridized carbons (Fsp3) is 0.550. The van der Waals surface area contributed by atoms with E-state index in [4.69, 9.17) is 4.74 Å².